The summed E-state index contributed by atoms with van der Waals surface area (Å²) in [5.74, 6) is 0.932. The molecule has 1 fully saturated rings. The molecule has 2 aliphatic heterocycles. The maximum Gasteiger partial charge on any atom is 0.226 e. The molecular weight excluding hydrogens is 351 g/mol. The van der Waals surface area contributed by atoms with Gasteiger partial charge in [0, 0.05) is 36.5 Å². The quantitative estimate of drug-likeness (QED) is 0.747. The summed E-state index contributed by atoms with van der Waals surface area (Å²) in [4.78, 5) is 11.7. The van der Waals surface area contributed by atoms with Crippen LogP contribution in [0.5, 0.6) is 0 Å². The third-order valence-electron chi connectivity index (χ3n) is 4.99. The summed E-state index contributed by atoms with van der Waals surface area (Å²) in [7, 11) is 0. The van der Waals surface area contributed by atoms with Crippen molar-refractivity contribution < 1.29 is 4.39 Å². The topological polar surface area (TPSA) is 41.1 Å². The van der Waals surface area contributed by atoms with Crippen LogP contribution in [-0.4, -0.2) is 29.6 Å². The Morgan fingerprint density at radius 3 is 2.69 bits per heavy atom. The first-order valence-electron chi connectivity index (χ1n) is 8.48. The lowest BCUT2D eigenvalue weighted by Gasteiger charge is -2.18. The van der Waals surface area contributed by atoms with Crippen molar-refractivity contribution in [3.63, 3.8) is 0 Å². The Labute approximate surface area is 157 Å². The summed E-state index contributed by atoms with van der Waals surface area (Å²) in [5, 5.41) is 4.16. The molecule has 4 nitrogen and oxygen atoms in total. The zero-order valence-corrected chi connectivity index (χ0v) is 14.8. The fourth-order valence-electron chi connectivity index (χ4n) is 3.71. The van der Waals surface area contributed by atoms with Gasteiger partial charge in [0.25, 0.3) is 0 Å². The van der Waals surface area contributed by atoms with Crippen LogP contribution in [0.15, 0.2) is 60.3 Å². The van der Waals surface area contributed by atoms with Gasteiger partial charge in [0.1, 0.15) is 5.82 Å². The minimum Gasteiger partial charge on any atom is -0.390 e. The number of anilines is 1. The van der Waals surface area contributed by atoms with Crippen LogP contribution in [0.2, 0.25) is 0 Å². The molecule has 2 aliphatic rings. The highest BCUT2D eigenvalue weighted by molar-refractivity contribution is 5.93. The van der Waals surface area contributed by atoms with Crippen LogP contribution in [0.4, 0.5) is 10.3 Å². The summed E-state index contributed by atoms with van der Waals surface area (Å²) in [5.41, 5.74) is 3.41. The SMILES string of the molecule is Cl.Fc1ccccc1-c1nc(N2CC3=CNCC3C2)nc2ccccc12. The molecule has 6 heteroatoms. The van der Waals surface area contributed by atoms with Gasteiger partial charge in [-0.3, -0.25) is 0 Å². The largest absolute Gasteiger partial charge is 0.390 e. The monoisotopic (exact) mass is 368 g/mol. The number of hydrogen-bond donors (Lipinski definition) is 1. The number of benzene rings is 2. The highest BCUT2D eigenvalue weighted by Gasteiger charge is 2.32. The molecule has 0 amide bonds. The molecule has 132 valence electrons. The van der Waals surface area contributed by atoms with Crippen LogP contribution in [0.3, 0.4) is 0 Å². The Kier molecular flexibility index (Phi) is 4.24. The van der Waals surface area contributed by atoms with E-state index in [1.807, 2.05) is 30.3 Å². The molecular formula is C20H18ClFN4. The smallest absolute Gasteiger partial charge is 0.226 e. The van der Waals surface area contributed by atoms with Gasteiger partial charge in [-0.05, 0) is 30.0 Å². The summed E-state index contributed by atoms with van der Waals surface area (Å²) in [6.45, 7) is 2.69. The first kappa shape index (κ1) is 16.8. The fraction of sp³-hybridized carbons (Fsp3) is 0.200. The molecule has 1 aromatic heterocycles. The molecule has 3 aromatic rings. The number of hydrogen-bond acceptors (Lipinski definition) is 4. The molecule has 26 heavy (non-hydrogen) atoms. The standard InChI is InChI=1S/C20H17FN4.ClH/c21-17-7-3-1-5-15(17)19-16-6-2-4-8-18(16)23-20(24-19)25-11-13-9-22-10-14(13)12-25;/h1-9,14,22H,10-12H2;1H. The van der Waals surface area contributed by atoms with Crippen molar-refractivity contribution >= 4 is 29.3 Å². The van der Waals surface area contributed by atoms with Crippen LogP contribution in [0.1, 0.15) is 0 Å². The van der Waals surface area contributed by atoms with E-state index in [4.69, 9.17) is 9.97 Å². The molecule has 0 aliphatic carbocycles. The van der Waals surface area contributed by atoms with Crippen molar-refractivity contribution in [2.24, 2.45) is 5.92 Å². The Hall–Kier alpha value is -2.66. The number of fused-ring (bicyclic) bond motifs is 2. The van der Waals surface area contributed by atoms with Gasteiger partial charge < -0.3 is 10.2 Å². The van der Waals surface area contributed by atoms with Crippen molar-refractivity contribution in [2.75, 3.05) is 24.5 Å². The lowest BCUT2D eigenvalue weighted by Crippen LogP contribution is -2.25. The summed E-state index contributed by atoms with van der Waals surface area (Å²) in [6.07, 6.45) is 2.10. The van der Waals surface area contributed by atoms with Gasteiger partial charge >= 0.3 is 0 Å². The van der Waals surface area contributed by atoms with Gasteiger partial charge in [-0.1, -0.05) is 30.3 Å². The fourth-order valence-corrected chi connectivity index (χ4v) is 3.71. The van der Waals surface area contributed by atoms with Crippen LogP contribution < -0.4 is 10.2 Å². The van der Waals surface area contributed by atoms with E-state index in [1.165, 1.54) is 11.6 Å². The number of para-hydroxylation sites is 1. The van der Waals surface area contributed by atoms with E-state index in [0.717, 1.165) is 30.5 Å². The molecule has 0 saturated carbocycles. The Bertz CT molecular complexity index is 1000. The number of aromatic nitrogens is 2. The van der Waals surface area contributed by atoms with Crippen molar-refractivity contribution in [1.82, 2.24) is 15.3 Å². The molecule has 0 bridgehead atoms. The normalized spacial score (nSPS) is 18.3. The minimum absolute atomic E-state index is 0. The molecule has 1 unspecified atom stereocenters. The maximum atomic E-state index is 14.4. The average Bonchev–Trinajstić information content (AvgIpc) is 3.23. The van der Waals surface area contributed by atoms with Crippen LogP contribution >= 0.6 is 12.4 Å². The van der Waals surface area contributed by atoms with Crippen molar-refractivity contribution in [3.8, 4) is 11.3 Å². The second-order valence-electron chi connectivity index (χ2n) is 6.57. The predicted molar refractivity (Wildman–Crippen MR) is 104 cm³/mol. The third-order valence-corrected chi connectivity index (χ3v) is 4.99. The first-order valence-corrected chi connectivity index (χ1v) is 8.48. The molecule has 1 N–H and O–H groups in total. The van der Waals surface area contributed by atoms with Crippen LogP contribution in [0.25, 0.3) is 22.2 Å². The van der Waals surface area contributed by atoms with E-state index in [-0.39, 0.29) is 18.2 Å². The maximum absolute atomic E-state index is 14.4. The molecule has 2 aromatic carbocycles. The molecule has 0 radical (unpaired) electrons. The Morgan fingerprint density at radius 1 is 1.04 bits per heavy atom. The molecule has 3 heterocycles. The second kappa shape index (κ2) is 6.57. The lowest BCUT2D eigenvalue weighted by molar-refractivity contribution is 0.631. The van der Waals surface area contributed by atoms with Gasteiger partial charge in [-0.2, -0.15) is 0 Å². The average molecular weight is 369 g/mol. The summed E-state index contributed by atoms with van der Waals surface area (Å²) < 4.78 is 14.4. The van der Waals surface area contributed by atoms with E-state index in [2.05, 4.69) is 16.4 Å². The van der Waals surface area contributed by atoms with Crippen molar-refractivity contribution in [1.29, 1.82) is 0 Å². The zero-order chi connectivity index (χ0) is 16.8. The lowest BCUT2D eigenvalue weighted by atomic mass is 10.1. The van der Waals surface area contributed by atoms with Crippen molar-refractivity contribution in [3.05, 3.63) is 66.1 Å². The van der Waals surface area contributed by atoms with E-state index in [9.17, 15) is 4.39 Å². The van der Waals surface area contributed by atoms with Gasteiger partial charge in [-0.15, -0.1) is 12.4 Å². The summed E-state index contributed by atoms with van der Waals surface area (Å²) >= 11 is 0. The van der Waals surface area contributed by atoms with Crippen LogP contribution in [-0.2, 0) is 0 Å². The number of rotatable bonds is 2. The number of nitrogens with one attached hydrogen (secondary N) is 1. The Morgan fingerprint density at radius 2 is 1.85 bits per heavy atom. The molecule has 0 spiro atoms. The number of nitrogens with zero attached hydrogens (tertiary/aromatic N) is 3. The van der Waals surface area contributed by atoms with Gasteiger partial charge in [0.2, 0.25) is 5.95 Å². The highest BCUT2D eigenvalue weighted by atomic mass is 35.5. The van der Waals surface area contributed by atoms with Gasteiger partial charge in [0.05, 0.1) is 11.2 Å². The minimum atomic E-state index is -0.262. The highest BCUT2D eigenvalue weighted by Crippen LogP contribution is 2.33. The Balaban J connectivity index is 0.00000168. The first-order chi connectivity index (χ1) is 12.3. The second-order valence-corrected chi connectivity index (χ2v) is 6.57. The zero-order valence-electron chi connectivity index (χ0n) is 14.0. The summed E-state index contributed by atoms with van der Waals surface area (Å²) in [6, 6.07) is 14.6. The van der Waals surface area contributed by atoms with Crippen LogP contribution in [0, 0.1) is 11.7 Å². The van der Waals surface area contributed by atoms with Gasteiger partial charge in [0.15, 0.2) is 0 Å². The van der Waals surface area contributed by atoms with E-state index in [1.54, 1.807) is 12.1 Å². The van der Waals surface area contributed by atoms with E-state index in [0.29, 0.717) is 23.1 Å². The molecule has 1 saturated heterocycles. The number of halogens is 2. The molecule has 5 rings (SSSR count). The van der Waals surface area contributed by atoms with E-state index < -0.39 is 0 Å². The predicted octanol–water partition coefficient (Wildman–Crippen LogP) is 3.78. The van der Waals surface area contributed by atoms with Gasteiger partial charge in [-0.25, -0.2) is 14.4 Å². The third kappa shape index (κ3) is 2.69. The molecule has 1 atom stereocenters. The van der Waals surface area contributed by atoms with E-state index >= 15 is 0 Å². The van der Waals surface area contributed by atoms with Crippen molar-refractivity contribution in [2.45, 2.75) is 0 Å².